The van der Waals surface area contributed by atoms with Gasteiger partial charge in [0.1, 0.15) is 0 Å². The van der Waals surface area contributed by atoms with Gasteiger partial charge >= 0.3 is 0 Å². The number of carbonyl (C=O) groups is 2. The van der Waals surface area contributed by atoms with Crippen molar-refractivity contribution in [2.45, 2.75) is 16.2 Å². The number of carbonyl (C=O) groups excluding carboxylic acids is 2. The van der Waals surface area contributed by atoms with E-state index in [1.54, 1.807) is 17.8 Å². The Balaban J connectivity index is 1.50. The van der Waals surface area contributed by atoms with E-state index >= 15 is 0 Å². The highest BCUT2D eigenvalue weighted by Gasteiger charge is 2.15. The molecule has 4 nitrogen and oxygen atoms in total. The van der Waals surface area contributed by atoms with E-state index in [1.807, 2.05) is 36.4 Å². The molecule has 24 heavy (non-hydrogen) atoms. The first-order valence-corrected chi connectivity index (χ1v) is 9.70. The predicted octanol–water partition coefficient (Wildman–Crippen LogP) is 4.51. The van der Waals surface area contributed by atoms with Gasteiger partial charge in [-0.2, -0.15) is 0 Å². The zero-order chi connectivity index (χ0) is 16.9. The Bertz CT molecular complexity index is 766. The van der Waals surface area contributed by atoms with Crippen LogP contribution in [0.4, 0.5) is 11.4 Å². The van der Waals surface area contributed by atoms with Gasteiger partial charge in [-0.25, -0.2) is 0 Å². The van der Waals surface area contributed by atoms with Crippen LogP contribution in [0.25, 0.3) is 0 Å². The van der Waals surface area contributed by atoms with Crippen LogP contribution in [0.3, 0.4) is 0 Å². The highest BCUT2D eigenvalue weighted by atomic mass is 35.5. The van der Waals surface area contributed by atoms with Gasteiger partial charge in [0.15, 0.2) is 0 Å². The minimum Gasteiger partial charge on any atom is -0.326 e. The van der Waals surface area contributed by atoms with E-state index in [4.69, 9.17) is 11.6 Å². The lowest BCUT2D eigenvalue weighted by Gasteiger charge is -2.17. The number of anilines is 2. The van der Waals surface area contributed by atoms with Gasteiger partial charge in [-0.1, -0.05) is 11.6 Å². The summed E-state index contributed by atoms with van der Waals surface area (Å²) in [5, 5.41) is 6.39. The number of nitrogens with one attached hydrogen (secondary N) is 2. The number of amides is 2. The summed E-state index contributed by atoms with van der Waals surface area (Å²) in [6.07, 6.45) is 0.408. The lowest BCUT2D eigenvalue weighted by atomic mass is 10.2. The lowest BCUT2D eigenvalue weighted by Crippen LogP contribution is -2.19. The Kier molecular flexibility index (Phi) is 5.71. The molecule has 0 bridgehead atoms. The van der Waals surface area contributed by atoms with Crippen LogP contribution in [0.15, 0.2) is 52.3 Å². The topological polar surface area (TPSA) is 58.2 Å². The minimum atomic E-state index is -0.0498. The molecular weight excluding hydrogens is 364 g/mol. The predicted molar refractivity (Wildman–Crippen MR) is 101 cm³/mol. The summed E-state index contributed by atoms with van der Waals surface area (Å²) in [7, 11) is 0. The number of fused-ring (bicyclic) bond motifs is 1. The van der Waals surface area contributed by atoms with Crippen LogP contribution in [0.1, 0.15) is 6.42 Å². The van der Waals surface area contributed by atoms with Crippen molar-refractivity contribution in [3.05, 3.63) is 47.5 Å². The van der Waals surface area contributed by atoms with Gasteiger partial charge in [-0.3, -0.25) is 9.59 Å². The quantitative estimate of drug-likeness (QED) is 0.752. The van der Waals surface area contributed by atoms with Crippen molar-refractivity contribution in [3.63, 3.8) is 0 Å². The first-order chi connectivity index (χ1) is 11.6. The molecule has 0 saturated heterocycles. The average molecular weight is 379 g/mol. The number of thioether (sulfide) groups is 2. The van der Waals surface area contributed by atoms with Crippen molar-refractivity contribution in [2.24, 2.45) is 0 Å². The van der Waals surface area contributed by atoms with E-state index in [0.717, 1.165) is 15.5 Å². The van der Waals surface area contributed by atoms with Gasteiger partial charge in [0.05, 0.1) is 11.4 Å². The van der Waals surface area contributed by atoms with Crippen molar-refractivity contribution in [1.29, 1.82) is 0 Å². The van der Waals surface area contributed by atoms with Crippen molar-refractivity contribution in [2.75, 3.05) is 22.1 Å². The van der Waals surface area contributed by atoms with Crippen LogP contribution in [0.2, 0.25) is 5.02 Å². The number of hydrogen-bond acceptors (Lipinski definition) is 4. The van der Waals surface area contributed by atoms with E-state index in [0.29, 0.717) is 28.6 Å². The Labute approximate surface area is 153 Å². The second-order valence-electron chi connectivity index (χ2n) is 5.15. The van der Waals surface area contributed by atoms with Gasteiger partial charge in [0.25, 0.3) is 0 Å². The maximum absolute atomic E-state index is 12.1. The molecule has 0 spiro atoms. The Morgan fingerprint density at radius 1 is 1.25 bits per heavy atom. The number of benzene rings is 2. The first kappa shape index (κ1) is 17.2. The molecule has 0 atom stereocenters. The molecular formula is C17H15ClN2O2S2. The number of halogens is 1. The second-order valence-corrected chi connectivity index (χ2v) is 7.77. The molecule has 0 unspecified atom stereocenters. The lowest BCUT2D eigenvalue weighted by molar-refractivity contribution is -0.116. The third-order valence-corrected chi connectivity index (χ3v) is 5.65. The fourth-order valence-electron chi connectivity index (χ4n) is 2.18. The standard InChI is InChI=1S/C17H15ClN2O2S2/c18-11-1-4-13(5-2-11)23-8-7-16(21)19-12-3-6-15-14(9-12)20-17(22)10-24-15/h1-6,9H,7-8,10H2,(H,19,21)(H,20,22). The average Bonchev–Trinajstić information content (AvgIpc) is 2.56. The summed E-state index contributed by atoms with van der Waals surface area (Å²) in [6.45, 7) is 0. The molecule has 1 aliphatic rings. The summed E-state index contributed by atoms with van der Waals surface area (Å²) in [4.78, 5) is 25.6. The van der Waals surface area contributed by atoms with Crippen LogP contribution >= 0.6 is 35.1 Å². The molecule has 2 N–H and O–H groups in total. The van der Waals surface area contributed by atoms with Gasteiger partial charge < -0.3 is 10.6 Å². The van der Waals surface area contributed by atoms with Crippen molar-refractivity contribution in [3.8, 4) is 0 Å². The van der Waals surface area contributed by atoms with Crippen LogP contribution in [-0.2, 0) is 9.59 Å². The third-order valence-electron chi connectivity index (χ3n) is 3.31. The molecule has 2 aromatic rings. The van der Waals surface area contributed by atoms with Crippen molar-refractivity contribution in [1.82, 2.24) is 0 Å². The van der Waals surface area contributed by atoms with Gasteiger partial charge in [0.2, 0.25) is 11.8 Å². The van der Waals surface area contributed by atoms with Crippen molar-refractivity contribution < 1.29 is 9.59 Å². The Morgan fingerprint density at radius 2 is 2.04 bits per heavy atom. The number of hydrogen-bond donors (Lipinski definition) is 2. The highest BCUT2D eigenvalue weighted by molar-refractivity contribution is 8.00. The van der Waals surface area contributed by atoms with Gasteiger partial charge in [-0.15, -0.1) is 23.5 Å². The molecule has 7 heteroatoms. The summed E-state index contributed by atoms with van der Waals surface area (Å²) >= 11 is 8.96. The third kappa shape index (κ3) is 4.69. The summed E-state index contributed by atoms with van der Waals surface area (Å²) in [6, 6.07) is 13.1. The van der Waals surface area contributed by atoms with Gasteiger partial charge in [0, 0.05) is 32.7 Å². The molecule has 2 aromatic carbocycles. The summed E-state index contributed by atoms with van der Waals surface area (Å²) in [5.41, 5.74) is 1.45. The molecule has 124 valence electrons. The maximum atomic E-state index is 12.1. The van der Waals surface area contributed by atoms with Crippen LogP contribution in [0.5, 0.6) is 0 Å². The number of rotatable bonds is 5. The molecule has 2 amide bonds. The van der Waals surface area contributed by atoms with Crippen molar-refractivity contribution >= 4 is 58.3 Å². The normalized spacial score (nSPS) is 13.1. The second kappa shape index (κ2) is 7.96. The van der Waals surface area contributed by atoms with E-state index < -0.39 is 0 Å². The molecule has 0 saturated carbocycles. The van der Waals surface area contributed by atoms with Crippen LogP contribution < -0.4 is 10.6 Å². The van der Waals surface area contributed by atoms with Crippen LogP contribution in [-0.4, -0.2) is 23.3 Å². The zero-order valence-electron chi connectivity index (χ0n) is 12.7. The molecule has 0 aromatic heterocycles. The Morgan fingerprint density at radius 3 is 2.83 bits per heavy atom. The smallest absolute Gasteiger partial charge is 0.234 e. The van der Waals surface area contributed by atoms with E-state index in [-0.39, 0.29) is 11.8 Å². The van der Waals surface area contributed by atoms with E-state index in [2.05, 4.69) is 10.6 Å². The molecule has 1 heterocycles. The fraction of sp³-hybridized carbons (Fsp3) is 0.176. The van der Waals surface area contributed by atoms with Crippen LogP contribution in [0, 0.1) is 0 Å². The SMILES string of the molecule is O=C(CCSc1ccc(Cl)cc1)Nc1ccc2c(c1)NC(=O)CS2. The monoisotopic (exact) mass is 378 g/mol. The summed E-state index contributed by atoms with van der Waals surface area (Å²) < 4.78 is 0. The zero-order valence-corrected chi connectivity index (χ0v) is 15.1. The largest absolute Gasteiger partial charge is 0.326 e. The first-order valence-electron chi connectivity index (χ1n) is 7.35. The molecule has 0 aliphatic carbocycles. The van der Waals surface area contributed by atoms with E-state index in [9.17, 15) is 9.59 Å². The van der Waals surface area contributed by atoms with E-state index in [1.165, 1.54) is 11.8 Å². The highest BCUT2D eigenvalue weighted by Crippen LogP contribution is 2.33. The summed E-state index contributed by atoms with van der Waals surface area (Å²) in [5.74, 6) is 1.05. The fourth-order valence-corrected chi connectivity index (χ4v) is 3.94. The molecule has 3 rings (SSSR count). The molecule has 1 aliphatic heterocycles. The minimum absolute atomic E-state index is 0.0182. The molecule has 0 radical (unpaired) electrons. The Hall–Kier alpha value is -1.63. The van der Waals surface area contributed by atoms with Gasteiger partial charge in [-0.05, 0) is 42.5 Å². The maximum Gasteiger partial charge on any atom is 0.234 e. The molecule has 0 fully saturated rings.